The highest BCUT2D eigenvalue weighted by Gasteiger charge is 2.19. The molecule has 0 aliphatic heterocycles. The molecule has 1 amide bonds. The monoisotopic (exact) mass is 333 g/mol. The standard InChI is InChI=1S/C14H12ClN5OS/c15-10-5-1-2-6-11(10)20-13(16)12(18-19-20)14(21)17-8-9-4-3-7-22-9/h1-7H,8,16H2,(H,17,21). The number of thiophene rings is 1. The van der Waals surface area contributed by atoms with Crippen molar-refractivity contribution in [1.29, 1.82) is 0 Å². The second-order valence-corrected chi connectivity index (χ2v) is 5.89. The molecule has 0 bridgehead atoms. The van der Waals surface area contributed by atoms with E-state index in [4.69, 9.17) is 17.3 Å². The van der Waals surface area contributed by atoms with Gasteiger partial charge in [-0.05, 0) is 23.6 Å². The van der Waals surface area contributed by atoms with Crippen LogP contribution in [0.5, 0.6) is 0 Å². The number of halogens is 1. The van der Waals surface area contributed by atoms with Gasteiger partial charge in [-0.15, -0.1) is 16.4 Å². The van der Waals surface area contributed by atoms with E-state index in [0.29, 0.717) is 17.3 Å². The smallest absolute Gasteiger partial charge is 0.276 e. The minimum atomic E-state index is -0.371. The molecule has 0 saturated heterocycles. The van der Waals surface area contributed by atoms with Gasteiger partial charge in [0.05, 0.1) is 17.3 Å². The van der Waals surface area contributed by atoms with E-state index < -0.39 is 0 Å². The maximum Gasteiger partial charge on any atom is 0.276 e. The van der Waals surface area contributed by atoms with Crippen LogP contribution >= 0.6 is 22.9 Å². The van der Waals surface area contributed by atoms with Crippen LogP contribution in [0.15, 0.2) is 41.8 Å². The van der Waals surface area contributed by atoms with Crippen LogP contribution in [0.4, 0.5) is 5.82 Å². The predicted octanol–water partition coefficient (Wildman–Crippen LogP) is 2.49. The second kappa shape index (κ2) is 6.17. The third kappa shape index (κ3) is 2.81. The van der Waals surface area contributed by atoms with E-state index in [9.17, 15) is 4.79 Å². The average molecular weight is 334 g/mol. The van der Waals surface area contributed by atoms with Crippen molar-refractivity contribution in [3.63, 3.8) is 0 Å². The molecular weight excluding hydrogens is 322 g/mol. The van der Waals surface area contributed by atoms with E-state index >= 15 is 0 Å². The number of nitrogens with two attached hydrogens (primary N) is 1. The highest BCUT2D eigenvalue weighted by molar-refractivity contribution is 7.09. The van der Waals surface area contributed by atoms with Crippen LogP contribution in [0, 0.1) is 0 Å². The zero-order valence-electron chi connectivity index (χ0n) is 11.4. The fourth-order valence-electron chi connectivity index (χ4n) is 1.92. The maximum absolute atomic E-state index is 12.2. The summed E-state index contributed by atoms with van der Waals surface area (Å²) < 4.78 is 1.35. The Morgan fingerprint density at radius 3 is 2.86 bits per heavy atom. The van der Waals surface area contributed by atoms with Gasteiger partial charge in [0.15, 0.2) is 11.5 Å². The Morgan fingerprint density at radius 2 is 2.14 bits per heavy atom. The summed E-state index contributed by atoms with van der Waals surface area (Å²) in [5, 5.41) is 13.0. The van der Waals surface area contributed by atoms with Crippen LogP contribution in [0.1, 0.15) is 15.4 Å². The summed E-state index contributed by atoms with van der Waals surface area (Å²) in [6.07, 6.45) is 0. The topological polar surface area (TPSA) is 85.8 Å². The largest absolute Gasteiger partial charge is 0.382 e. The molecule has 0 aliphatic carbocycles. The first-order valence-electron chi connectivity index (χ1n) is 6.43. The molecule has 0 fully saturated rings. The zero-order valence-corrected chi connectivity index (χ0v) is 12.9. The Kier molecular flexibility index (Phi) is 4.08. The number of carbonyl (C=O) groups is 1. The summed E-state index contributed by atoms with van der Waals surface area (Å²) >= 11 is 7.67. The molecule has 2 aromatic heterocycles. The maximum atomic E-state index is 12.2. The number of nitrogen functional groups attached to an aromatic ring is 1. The fraction of sp³-hybridized carbons (Fsp3) is 0.0714. The van der Waals surface area contributed by atoms with E-state index in [-0.39, 0.29) is 17.4 Å². The number of rotatable bonds is 4. The van der Waals surface area contributed by atoms with Gasteiger partial charge in [-0.25, -0.2) is 0 Å². The van der Waals surface area contributed by atoms with E-state index in [0.717, 1.165) is 4.88 Å². The van der Waals surface area contributed by atoms with Gasteiger partial charge in [0.2, 0.25) is 0 Å². The first-order valence-corrected chi connectivity index (χ1v) is 7.69. The number of aromatic nitrogens is 3. The first-order chi connectivity index (χ1) is 10.7. The molecule has 6 nitrogen and oxygen atoms in total. The highest BCUT2D eigenvalue weighted by atomic mass is 35.5. The van der Waals surface area contributed by atoms with E-state index in [1.165, 1.54) is 4.68 Å². The predicted molar refractivity (Wildman–Crippen MR) is 86.3 cm³/mol. The summed E-state index contributed by atoms with van der Waals surface area (Å²) in [5.74, 6) is -0.221. The number of nitrogens with one attached hydrogen (secondary N) is 1. The lowest BCUT2D eigenvalue weighted by Crippen LogP contribution is -2.23. The Balaban J connectivity index is 1.81. The lowest BCUT2D eigenvalue weighted by molar-refractivity contribution is 0.0947. The number of hydrogen-bond acceptors (Lipinski definition) is 5. The van der Waals surface area contributed by atoms with Crippen LogP contribution < -0.4 is 11.1 Å². The second-order valence-electron chi connectivity index (χ2n) is 4.45. The average Bonchev–Trinajstić information content (AvgIpc) is 3.15. The molecule has 0 spiro atoms. The van der Waals surface area contributed by atoms with E-state index in [1.807, 2.05) is 17.5 Å². The molecule has 3 rings (SSSR count). The molecule has 0 radical (unpaired) electrons. The van der Waals surface area contributed by atoms with Crippen molar-refractivity contribution in [3.8, 4) is 5.69 Å². The van der Waals surface area contributed by atoms with Crippen molar-refractivity contribution in [2.24, 2.45) is 0 Å². The van der Waals surface area contributed by atoms with Gasteiger partial charge in [0.25, 0.3) is 5.91 Å². The minimum absolute atomic E-state index is 0.0801. The molecule has 8 heteroatoms. The summed E-state index contributed by atoms with van der Waals surface area (Å²) in [7, 11) is 0. The van der Waals surface area contributed by atoms with Gasteiger partial charge < -0.3 is 11.1 Å². The van der Waals surface area contributed by atoms with E-state index in [2.05, 4.69) is 15.6 Å². The van der Waals surface area contributed by atoms with Gasteiger partial charge in [-0.1, -0.05) is 35.0 Å². The molecular formula is C14H12ClN5OS. The van der Waals surface area contributed by atoms with E-state index in [1.54, 1.807) is 35.6 Å². The van der Waals surface area contributed by atoms with Crippen molar-refractivity contribution >= 4 is 34.7 Å². The number of nitrogens with zero attached hydrogens (tertiary/aromatic N) is 3. The normalized spacial score (nSPS) is 10.6. The molecule has 2 heterocycles. The number of amides is 1. The number of hydrogen-bond donors (Lipinski definition) is 2. The first kappa shape index (κ1) is 14.6. The van der Waals surface area contributed by atoms with Crippen LogP contribution in [-0.2, 0) is 6.54 Å². The highest BCUT2D eigenvalue weighted by Crippen LogP contribution is 2.22. The van der Waals surface area contributed by atoms with Crippen molar-refractivity contribution in [3.05, 3.63) is 57.4 Å². The summed E-state index contributed by atoms with van der Waals surface area (Å²) in [6.45, 7) is 0.425. The lowest BCUT2D eigenvalue weighted by atomic mass is 10.3. The van der Waals surface area contributed by atoms with Crippen molar-refractivity contribution in [2.75, 3.05) is 5.73 Å². The molecule has 3 aromatic rings. The third-order valence-electron chi connectivity index (χ3n) is 3.00. The quantitative estimate of drug-likeness (QED) is 0.768. The van der Waals surface area contributed by atoms with Crippen LogP contribution in [-0.4, -0.2) is 20.9 Å². The summed E-state index contributed by atoms with van der Waals surface area (Å²) in [6, 6.07) is 10.9. The molecule has 0 unspecified atom stereocenters. The Bertz CT molecular complexity index is 799. The molecule has 0 atom stereocenters. The van der Waals surface area contributed by atoms with Gasteiger partial charge in [-0.3, -0.25) is 4.79 Å². The summed E-state index contributed by atoms with van der Waals surface area (Å²) in [4.78, 5) is 13.2. The molecule has 0 aliphatic rings. The van der Waals surface area contributed by atoms with Crippen molar-refractivity contribution in [1.82, 2.24) is 20.3 Å². The Morgan fingerprint density at radius 1 is 1.32 bits per heavy atom. The van der Waals surface area contributed by atoms with Crippen LogP contribution in [0.25, 0.3) is 5.69 Å². The molecule has 1 aromatic carbocycles. The van der Waals surface area contributed by atoms with Gasteiger partial charge >= 0.3 is 0 Å². The summed E-state index contributed by atoms with van der Waals surface area (Å²) in [5.41, 5.74) is 6.63. The minimum Gasteiger partial charge on any atom is -0.382 e. The molecule has 112 valence electrons. The van der Waals surface area contributed by atoms with Crippen molar-refractivity contribution in [2.45, 2.75) is 6.54 Å². The number of anilines is 1. The zero-order chi connectivity index (χ0) is 15.5. The van der Waals surface area contributed by atoms with Crippen LogP contribution in [0.3, 0.4) is 0 Å². The van der Waals surface area contributed by atoms with Crippen molar-refractivity contribution < 1.29 is 4.79 Å². The molecule has 22 heavy (non-hydrogen) atoms. The number of benzene rings is 1. The molecule has 3 N–H and O–H groups in total. The lowest BCUT2D eigenvalue weighted by Gasteiger charge is -2.05. The Labute approximate surface area is 135 Å². The molecule has 0 saturated carbocycles. The SMILES string of the molecule is Nc1c(C(=O)NCc2cccs2)nnn1-c1ccccc1Cl. The number of para-hydroxylation sites is 1. The van der Waals surface area contributed by atoms with Crippen LogP contribution in [0.2, 0.25) is 5.02 Å². The van der Waals surface area contributed by atoms with Gasteiger partial charge in [0, 0.05) is 4.88 Å². The van der Waals surface area contributed by atoms with Gasteiger partial charge in [0.1, 0.15) is 0 Å². The number of carbonyl (C=O) groups excluding carboxylic acids is 1. The van der Waals surface area contributed by atoms with Gasteiger partial charge in [-0.2, -0.15) is 4.68 Å². The third-order valence-corrected chi connectivity index (χ3v) is 4.20. The Hall–Kier alpha value is -2.38. The fourth-order valence-corrected chi connectivity index (χ4v) is 2.78.